The Labute approximate surface area is 206 Å². The van der Waals surface area contributed by atoms with Gasteiger partial charge in [-0.1, -0.05) is 44.2 Å². The van der Waals surface area contributed by atoms with Crippen LogP contribution in [0.3, 0.4) is 0 Å². The van der Waals surface area contributed by atoms with Crippen LogP contribution in [0, 0.1) is 5.41 Å². The van der Waals surface area contributed by atoms with E-state index in [1.807, 2.05) is 0 Å². The molecule has 1 heterocycles. The zero-order chi connectivity index (χ0) is 22.2. The third-order valence-electron chi connectivity index (χ3n) is 5.74. The van der Waals surface area contributed by atoms with E-state index < -0.39 is 9.84 Å². The summed E-state index contributed by atoms with van der Waals surface area (Å²) >= 11 is 0. The van der Waals surface area contributed by atoms with Crippen LogP contribution < -0.4 is 10.6 Å². The lowest BCUT2D eigenvalue weighted by Gasteiger charge is -2.38. The number of nitrogens with zero attached hydrogens (tertiary/aromatic N) is 2. The average molecular weight is 565 g/mol. The van der Waals surface area contributed by atoms with E-state index in [4.69, 9.17) is 4.99 Å². The van der Waals surface area contributed by atoms with Crippen LogP contribution in [0.5, 0.6) is 0 Å². The maximum Gasteiger partial charge on any atom is 0.191 e. The van der Waals surface area contributed by atoms with Gasteiger partial charge in [0.25, 0.3) is 0 Å². The molecule has 2 rings (SSSR count). The number of piperidine rings is 1. The third-order valence-corrected chi connectivity index (χ3v) is 6.69. The summed E-state index contributed by atoms with van der Waals surface area (Å²) in [6, 6.07) is 11.6. The van der Waals surface area contributed by atoms with Gasteiger partial charge in [0.2, 0.25) is 0 Å². The molecule has 2 N–H and O–H groups in total. The van der Waals surface area contributed by atoms with Crippen LogP contribution in [0.4, 0.5) is 0 Å². The molecule has 0 radical (unpaired) electrons. The molecule has 0 amide bonds. The van der Waals surface area contributed by atoms with E-state index in [-0.39, 0.29) is 35.1 Å². The lowest BCUT2D eigenvalue weighted by atomic mass is 9.90. The first-order chi connectivity index (χ1) is 14.1. The predicted molar refractivity (Wildman–Crippen MR) is 142 cm³/mol. The molecular weight excluding hydrogens is 523 g/mol. The van der Waals surface area contributed by atoms with Gasteiger partial charge in [-0.05, 0) is 44.1 Å². The van der Waals surface area contributed by atoms with Crippen molar-refractivity contribution in [3.05, 3.63) is 35.9 Å². The highest BCUT2D eigenvalue weighted by Gasteiger charge is 2.26. The van der Waals surface area contributed by atoms with Crippen molar-refractivity contribution in [2.75, 3.05) is 31.6 Å². The van der Waals surface area contributed by atoms with Crippen LogP contribution in [0.25, 0.3) is 0 Å². The highest BCUT2D eigenvalue weighted by Crippen LogP contribution is 2.22. The summed E-state index contributed by atoms with van der Waals surface area (Å²) < 4.78 is 23.0. The van der Waals surface area contributed by atoms with Gasteiger partial charge < -0.3 is 10.6 Å². The number of benzene rings is 1. The van der Waals surface area contributed by atoms with Crippen LogP contribution in [0.1, 0.15) is 52.5 Å². The van der Waals surface area contributed by atoms with Gasteiger partial charge in [0, 0.05) is 44.5 Å². The second-order valence-corrected chi connectivity index (χ2v) is 11.7. The predicted octanol–water partition coefficient (Wildman–Crippen LogP) is 3.67. The Bertz CT molecular complexity index is 784. The number of likely N-dealkylation sites (tertiary alicyclic amines) is 1. The average Bonchev–Trinajstić information content (AvgIpc) is 2.67. The van der Waals surface area contributed by atoms with Gasteiger partial charge in [0.15, 0.2) is 5.96 Å². The largest absolute Gasteiger partial charge is 0.357 e. The Balaban J connectivity index is 0.00000480. The monoisotopic (exact) mass is 564 g/mol. The molecular formula is C23H41IN4O2S. The molecule has 1 aromatic carbocycles. The molecule has 8 heteroatoms. The molecule has 0 aliphatic carbocycles. The molecule has 6 nitrogen and oxygen atoms in total. The fraction of sp³-hybridized carbons (Fsp3) is 0.696. The van der Waals surface area contributed by atoms with Crippen LogP contribution in [-0.2, 0) is 16.4 Å². The third kappa shape index (κ3) is 11.0. The molecule has 0 spiro atoms. The van der Waals surface area contributed by atoms with Crippen LogP contribution >= 0.6 is 24.0 Å². The minimum atomic E-state index is -2.95. The highest BCUT2D eigenvalue weighted by molar-refractivity contribution is 14.0. The lowest BCUT2D eigenvalue weighted by molar-refractivity contribution is 0.134. The van der Waals surface area contributed by atoms with Crippen LogP contribution in [-0.4, -0.2) is 63.0 Å². The quantitative estimate of drug-likeness (QED) is 0.272. The second-order valence-electron chi connectivity index (χ2n) is 9.41. The highest BCUT2D eigenvalue weighted by atomic mass is 127. The molecule has 1 saturated heterocycles. The molecule has 1 fully saturated rings. The summed E-state index contributed by atoms with van der Waals surface area (Å²) in [5, 5.41) is 6.96. The number of nitrogens with one attached hydrogen (secondary N) is 2. The fourth-order valence-electron chi connectivity index (χ4n) is 3.75. The van der Waals surface area contributed by atoms with Crippen LogP contribution in [0.2, 0.25) is 0 Å². The number of sulfone groups is 1. The van der Waals surface area contributed by atoms with Crippen molar-refractivity contribution < 1.29 is 8.42 Å². The number of rotatable bonds is 9. The van der Waals surface area contributed by atoms with Crippen molar-refractivity contribution in [2.24, 2.45) is 10.4 Å². The van der Waals surface area contributed by atoms with E-state index in [0.29, 0.717) is 25.0 Å². The topological polar surface area (TPSA) is 73.8 Å². The Morgan fingerprint density at radius 2 is 1.94 bits per heavy atom. The van der Waals surface area contributed by atoms with E-state index in [9.17, 15) is 8.42 Å². The maximum atomic E-state index is 11.5. The van der Waals surface area contributed by atoms with Gasteiger partial charge in [-0.3, -0.25) is 9.89 Å². The number of hydrogen-bond donors (Lipinski definition) is 2. The second kappa shape index (κ2) is 13.0. The van der Waals surface area contributed by atoms with Crippen molar-refractivity contribution in [3.63, 3.8) is 0 Å². The van der Waals surface area contributed by atoms with Crippen molar-refractivity contribution in [1.29, 1.82) is 0 Å². The number of guanidine groups is 1. The zero-order valence-electron chi connectivity index (χ0n) is 19.7. The number of halogens is 1. The molecule has 1 aliphatic heterocycles. The fourth-order valence-corrected chi connectivity index (χ4v) is 4.68. The van der Waals surface area contributed by atoms with Crippen molar-refractivity contribution in [3.8, 4) is 0 Å². The summed E-state index contributed by atoms with van der Waals surface area (Å²) in [7, 11) is -2.95. The van der Waals surface area contributed by atoms with E-state index in [2.05, 4.69) is 73.6 Å². The van der Waals surface area contributed by atoms with Crippen molar-refractivity contribution >= 4 is 39.8 Å². The van der Waals surface area contributed by atoms with Gasteiger partial charge in [-0.25, -0.2) is 8.42 Å². The zero-order valence-corrected chi connectivity index (χ0v) is 22.9. The van der Waals surface area contributed by atoms with E-state index in [0.717, 1.165) is 38.4 Å². The van der Waals surface area contributed by atoms with Gasteiger partial charge in [0.05, 0.1) is 5.75 Å². The Kier molecular flexibility index (Phi) is 11.8. The summed E-state index contributed by atoms with van der Waals surface area (Å²) in [4.78, 5) is 7.33. The smallest absolute Gasteiger partial charge is 0.191 e. The Morgan fingerprint density at radius 3 is 2.52 bits per heavy atom. The summed E-state index contributed by atoms with van der Waals surface area (Å²) in [6.45, 7) is 12.0. The molecule has 0 aromatic heterocycles. The summed E-state index contributed by atoms with van der Waals surface area (Å²) in [6.07, 6.45) is 4.07. The Morgan fingerprint density at radius 1 is 1.26 bits per heavy atom. The maximum absolute atomic E-state index is 11.5. The van der Waals surface area contributed by atoms with E-state index >= 15 is 0 Å². The molecule has 0 bridgehead atoms. The molecule has 2 atom stereocenters. The van der Waals surface area contributed by atoms with Crippen molar-refractivity contribution in [2.45, 2.75) is 65.6 Å². The molecule has 1 aliphatic rings. The molecule has 31 heavy (non-hydrogen) atoms. The minimum Gasteiger partial charge on any atom is -0.357 e. The molecule has 0 saturated carbocycles. The van der Waals surface area contributed by atoms with E-state index in [1.54, 1.807) is 0 Å². The van der Waals surface area contributed by atoms with E-state index in [1.165, 1.54) is 11.8 Å². The normalized spacial score (nSPS) is 20.7. The van der Waals surface area contributed by atoms with Gasteiger partial charge in [0.1, 0.15) is 9.84 Å². The first kappa shape index (κ1) is 28.2. The first-order valence-electron chi connectivity index (χ1n) is 11.1. The van der Waals surface area contributed by atoms with Gasteiger partial charge >= 0.3 is 0 Å². The standard InChI is InChI=1S/C23H40N4O2S.HI/c1-6-24-22(25-18-23(3,4)13-15-30(5,28)29)26-21-12-14-27(19(2)16-21)17-20-10-8-7-9-11-20;/h7-11,19,21H,6,12-18H2,1-5H3,(H2,24,25,26);1H. The SMILES string of the molecule is CCNC(=NCC(C)(C)CCS(C)(=O)=O)NC1CCN(Cc2ccccc2)C(C)C1.I. The molecule has 2 unspecified atom stereocenters. The summed E-state index contributed by atoms with van der Waals surface area (Å²) in [5.41, 5.74) is 1.21. The number of hydrogen-bond acceptors (Lipinski definition) is 4. The van der Waals surface area contributed by atoms with Crippen LogP contribution in [0.15, 0.2) is 35.3 Å². The van der Waals surface area contributed by atoms with Gasteiger partial charge in [-0.2, -0.15) is 0 Å². The number of aliphatic imine (C=N–C) groups is 1. The van der Waals surface area contributed by atoms with Crippen molar-refractivity contribution in [1.82, 2.24) is 15.5 Å². The Hall–Kier alpha value is -0.870. The van der Waals surface area contributed by atoms with Gasteiger partial charge in [-0.15, -0.1) is 24.0 Å². The lowest BCUT2D eigenvalue weighted by Crippen LogP contribution is -2.51. The first-order valence-corrected chi connectivity index (χ1v) is 13.1. The summed E-state index contributed by atoms with van der Waals surface area (Å²) in [5.74, 6) is 1.04. The minimum absolute atomic E-state index is 0. The molecule has 178 valence electrons. The molecule has 1 aromatic rings.